The Hall–Kier alpha value is -1.75. The Balaban J connectivity index is 1.85. The summed E-state index contributed by atoms with van der Waals surface area (Å²) in [5, 5.41) is 3.26. The molecule has 0 radical (unpaired) electrons. The highest BCUT2D eigenvalue weighted by Crippen LogP contribution is 2.28. The van der Waals surface area contributed by atoms with E-state index in [1.807, 2.05) is 23.1 Å². The molecular weight excluding hydrogens is 304 g/mol. The lowest BCUT2D eigenvalue weighted by molar-refractivity contribution is -0.131. The number of nitrogens with one attached hydrogen (secondary N) is 1. The van der Waals surface area contributed by atoms with E-state index in [-0.39, 0.29) is 5.91 Å². The third kappa shape index (κ3) is 5.71. The Morgan fingerprint density at radius 3 is 2.71 bits per heavy atom. The summed E-state index contributed by atoms with van der Waals surface area (Å²) in [6.45, 7) is 6.30. The van der Waals surface area contributed by atoms with E-state index < -0.39 is 0 Å². The summed E-state index contributed by atoms with van der Waals surface area (Å²) in [4.78, 5) is 14.2. The molecule has 0 atom stereocenters. The van der Waals surface area contributed by atoms with Gasteiger partial charge in [-0.1, -0.05) is 25.8 Å². The number of aryl methyl sites for hydroxylation is 1. The molecular formula is C19H30N2O3. The molecule has 1 aromatic rings. The first kappa shape index (κ1) is 18.6. The highest BCUT2D eigenvalue weighted by atomic mass is 16.5. The predicted octanol–water partition coefficient (Wildman–Crippen LogP) is 2.63. The maximum Gasteiger partial charge on any atom is 0.222 e. The number of carbonyl (C=O) groups is 1. The van der Waals surface area contributed by atoms with Crippen LogP contribution in [0.15, 0.2) is 18.2 Å². The third-order valence-electron chi connectivity index (χ3n) is 4.33. The highest BCUT2D eigenvalue weighted by molar-refractivity contribution is 5.76. The number of piperazine rings is 1. The van der Waals surface area contributed by atoms with E-state index in [1.54, 1.807) is 7.11 Å². The number of nitrogens with zero attached hydrogens (tertiary/aromatic N) is 1. The van der Waals surface area contributed by atoms with E-state index in [4.69, 9.17) is 9.47 Å². The number of rotatable bonds is 9. The monoisotopic (exact) mass is 334 g/mol. The Kier molecular flexibility index (Phi) is 7.89. The molecule has 1 aliphatic heterocycles. The average molecular weight is 334 g/mol. The van der Waals surface area contributed by atoms with Gasteiger partial charge in [-0.25, -0.2) is 0 Å². The number of methoxy groups -OCH3 is 1. The molecule has 1 N–H and O–H groups in total. The second-order valence-corrected chi connectivity index (χ2v) is 6.17. The van der Waals surface area contributed by atoms with Gasteiger partial charge in [0, 0.05) is 32.6 Å². The average Bonchev–Trinajstić information content (AvgIpc) is 2.64. The van der Waals surface area contributed by atoms with E-state index in [9.17, 15) is 4.79 Å². The van der Waals surface area contributed by atoms with Crippen molar-refractivity contribution >= 4 is 5.91 Å². The normalized spacial score (nSPS) is 14.5. The van der Waals surface area contributed by atoms with Crippen LogP contribution in [-0.2, 0) is 11.2 Å². The standard InChI is InChI=1S/C19H30N2O3/c1-3-4-5-14-24-17-8-6-16(15-18(17)23-2)7-9-19(22)21-12-10-20-11-13-21/h6,8,15,20H,3-5,7,9-14H2,1-2H3. The van der Waals surface area contributed by atoms with Crippen LogP contribution in [-0.4, -0.2) is 50.7 Å². The fraction of sp³-hybridized carbons (Fsp3) is 0.632. The third-order valence-corrected chi connectivity index (χ3v) is 4.33. The summed E-state index contributed by atoms with van der Waals surface area (Å²) in [5.41, 5.74) is 1.11. The van der Waals surface area contributed by atoms with Crippen LogP contribution in [0.25, 0.3) is 0 Å². The van der Waals surface area contributed by atoms with Gasteiger partial charge < -0.3 is 19.7 Å². The van der Waals surface area contributed by atoms with Crippen molar-refractivity contribution in [3.05, 3.63) is 23.8 Å². The molecule has 2 rings (SSSR count). The molecule has 134 valence electrons. The Bertz CT molecular complexity index is 513. The summed E-state index contributed by atoms with van der Waals surface area (Å²) >= 11 is 0. The van der Waals surface area contributed by atoms with Gasteiger partial charge in [-0.3, -0.25) is 4.79 Å². The van der Waals surface area contributed by atoms with E-state index in [0.29, 0.717) is 13.0 Å². The summed E-state index contributed by atoms with van der Waals surface area (Å²) < 4.78 is 11.2. The Morgan fingerprint density at radius 2 is 2.00 bits per heavy atom. The Morgan fingerprint density at radius 1 is 1.21 bits per heavy atom. The van der Waals surface area contributed by atoms with Crippen molar-refractivity contribution in [2.45, 2.75) is 39.0 Å². The second kappa shape index (κ2) is 10.2. The quantitative estimate of drug-likeness (QED) is 0.705. The SMILES string of the molecule is CCCCCOc1ccc(CCC(=O)N2CCNCC2)cc1OC. The smallest absolute Gasteiger partial charge is 0.222 e. The van der Waals surface area contributed by atoms with Crippen molar-refractivity contribution < 1.29 is 14.3 Å². The van der Waals surface area contributed by atoms with Gasteiger partial charge in [0.2, 0.25) is 5.91 Å². The molecule has 0 aliphatic carbocycles. The summed E-state index contributed by atoms with van der Waals surface area (Å²) in [7, 11) is 1.66. The zero-order chi connectivity index (χ0) is 17.2. The van der Waals surface area contributed by atoms with E-state index in [1.165, 1.54) is 12.8 Å². The van der Waals surface area contributed by atoms with Gasteiger partial charge in [-0.15, -0.1) is 0 Å². The van der Waals surface area contributed by atoms with Crippen molar-refractivity contribution in [2.75, 3.05) is 39.9 Å². The minimum Gasteiger partial charge on any atom is -0.493 e. The van der Waals surface area contributed by atoms with Gasteiger partial charge in [-0.05, 0) is 30.5 Å². The number of hydrogen-bond donors (Lipinski definition) is 1. The number of amides is 1. The van der Waals surface area contributed by atoms with Gasteiger partial charge >= 0.3 is 0 Å². The lowest BCUT2D eigenvalue weighted by Gasteiger charge is -2.27. The molecule has 5 heteroatoms. The molecule has 5 nitrogen and oxygen atoms in total. The number of benzene rings is 1. The minimum absolute atomic E-state index is 0.232. The van der Waals surface area contributed by atoms with Crippen molar-refractivity contribution in [1.29, 1.82) is 0 Å². The van der Waals surface area contributed by atoms with E-state index in [2.05, 4.69) is 12.2 Å². The highest BCUT2D eigenvalue weighted by Gasteiger charge is 2.16. The summed E-state index contributed by atoms with van der Waals surface area (Å²) in [5.74, 6) is 1.76. The van der Waals surface area contributed by atoms with Crippen molar-refractivity contribution in [3.63, 3.8) is 0 Å². The molecule has 0 bridgehead atoms. The maximum atomic E-state index is 12.2. The lowest BCUT2D eigenvalue weighted by Crippen LogP contribution is -2.46. The fourth-order valence-corrected chi connectivity index (χ4v) is 2.84. The predicted molar refractivity (Wildman–Crippen MR) is 95.8 cm³/mol. The van der Waals surface area contributed by atoms with Crippen LogP contribution < -0.4 is 14.8 Å². The van der Waals surface area contributed by atoms with Crippen LogP contribution in [0.3, 0.4) is 0 Å². The number of ether oxygens (including phenoxy) is 2. The van der Waals surface area contributed by atoms with Crippen LogP contribution in [0.4, 0.5) is 0 Å². The zero-order valence-corrected chi connectivity index (χ0v) is 15.0. The fourth-order valence-electron chi connectivity index (χ4n) is 2.84. The van der Waals surface area contributed by atoms with Gasteiger partial charge in [0.15, 0.2) is 11.5 Å². The van der Waals surface area contributed by atoms with Crippen LogP contribution >= 0.6 is 0 Å². The number of unbranched alkanes of at least 4 members (excludes halogenated alkanes) is 2. The van der Waals surface area contributed by atoms with Crippen LogP contribution in [0.5, 0.6) is 11.5 Å². The molecule has 0 saturated carbocycles. The van der Waals surface area contributed by atoms with Gasteiger partial charge in [0.1, 0.15) is 0 Å². The van der Waals surface area contributed by atoms with Crippen molar-refractivity contribution in [3.8, 4) is 11.5 Å². The maximum absolute atomic E-state index is 12.2. The minimum atomic E-state index is 0.232. The molecule has 1 saturated heterocycles. The van der Waals surface area contributed by atoms with E-state index >= 15 is 0 Å². The molecule has 24 heavy (non-hydrogen) atoms. The Labute approximate surface area is 145 Å². The molecule has 0 aromatic heterocycles. The molecule has 1 aromatic carbocycles. The molecule has 1 fully saturated rings. The van der Waals surface area contributed by atoms with E-state index in [0.717, 1.165) is 56.1 Å². The van der Waals surface area contributed by atoms with Crippen molar-refractivity contribution in [2.24, 2.45) is 0 Å². The number of hydrogen-bond acceptors (Lipinski definition) is 4. The van der Waals surface area contributed by atoms with Crippen LogP contribution in [0, 0.1) is 0 Å². The first-order valence-electron chi connectivity index (χ1n) is 9.02. The first-order valence-corrected chi connectivity index (χ1v) is 9.02. The molecule has 0 spiro atoms. The largest absolute Gasteiger partial charge is 0.493 e. The molecule has 1 amide bonds. The lowest BCUT2D eigenvalue weighted by atomic mass is 10.1. The molecule has 1 heterocycles. The van der Waals surface area contributed by atoms with Gasteiger partial charge in [-0.2, -0.15) is 0 Å². The topological polar surface area (TPSA) is 50.8 Å². The number of carbonyl (C=O) groups excluding carboxylic acids is 1. The van der Waals surface area contributed by atoms with Gasteiger partial charge in [0.05, 0.1) is 13.7 Å². The summed E-state index contributed by atoms with van der Waals surface area (Å²) in [6, 6.07) is 5.97. The zero-order valence-electron chi connectivity index (χ0n) is 15.0. The summed E-state index contributed by atoms with van der Waals surface area (Å²) in [6.07, 6.45) is 4.69. The molecule has 1 aliphatic rings. The van der Waals surface area contributed by atoms with Crippen molar-refractivity contribution in [1.82, 2.24) is 10.2 Å². The van der Waals surface area contributed by atoms with Crippen LogP contribution in [0.2, 0.25) is 0 Å². The van der Waals surface area contributed by atoms with Gasteiger partial charge in [0.25, 0.3) is 0 Å². The first-order chi connectivity index (χ1) is 11.7. The van der Waals surface area contributed by atoms with Crippen LogP contribution in [0.1, 0.15) is 38.2 Å². The second-order valence-electron chi connectivity index (χ2n) is 6.17. The molecule has 0 unspecified atom stereocenters.